The van der Waals surface area contributed by atoms with Crippen LogP contribution in [0.3, 0.4) is 0 Å². The molecular weight excluding hydrogens is 224 g/mol. The molecule has 0 radical (unpaired) electrons. The van der Waals surface area contributed by atoms with Crippen LogP contribution < -0.4 is 0 Å². The van der Waals surface area contributed by atoms with E-state index in [0.717, 1.165) is 25.7 Å². The molecule has 0 fully saturated rings. The lowest BCUT2D eigenvalue weighted by Crippen LogP contribution is -1.98. The number of hydrogen-bond acceptors (Lipinski definition) is 2. The van der Waals surface area contributed by atoms with Crippen LogP contribution in [0.15, 0.2) is 36.4 Å². The summed E-state index contributed by atoms with van der Waals surface area (Å²) in [6, 6.07) is 10.4. The summed E-state index contributed by atoms with van der Waals surface area (Å²) in [5.74, 6) is -0.106. The number of benzene rings is 1. The van der Waals surface area contributed by atoms with Gasteiger partial charge in [-0.25, -0.2) is 0 Å². The predicted octanol–water partition coefficient (Wildman–Crippen LogP) is 4.21. The average Bonchev–Trinajstić information content (AvgIpc) is 2.43. The summed E-state index contributed by atoms with van der Waals surface area (Å²) in [4.78, 5) is 10.9. The van der Waals surface area contributed by atoms with Crippen molar-refractivity contribution in [2.75, 3.05) is 7.11 Å². The van der Waals surface area contributed by atoms with Crippen LogP contribution in [-0.2, 0) is 9.53 Å². The highest BCUT2D eigenvalue weighted by atomic mass is 16.5. The lowest BCUT2D eigenvalue weighted by Gasteiger charge is -2.02. The Morgan fingerprint density at radius 1 is 1.17 bits per heavy atom. The number of carbonyl (C=O) groups excluding carboxylic acids is 1. The van der Waals surface area contributed by atoms with Crippen LogP contribution >= 0.6 is 0 Å². The van der Waals surface area contributed by atoms with E-state index in [1.807, 2.05) is 6.07 Å². The molecule has 0 aromatic heterocycles. The van der Waals surface area contributed by atoms with Crippen LogP contribution in [0.2, 0.25) is 0 Å². The molecule has 1 aromatic rings. The van der Waals surface area contributed by atoms with E-state index in [9.17, 15) is 4.79 Å². The van der Waals surface area contributed by atoms with Crippen LogP contribution in [0.4, 0.5) is 0 Å². The number of hydrogen-bond donors (Lipinski definition) is 0. The van der Waals surface area contributed by atoms with Crippen molar-refractivity contribution in [1.29, 1.82) is 0 Å². The van der Waals surface area contributed by atoms with E-state index in [0.29, 0.717) is 6.42 Å². The Labute approximate surface area is 110 Å². The van der Waals surface area contributed by atoms with Crippen molar-refractivity contribution in [3.05, 3.63) is 42.0 Å². The van der Waals surface area contributed by atoms with Crippen molar-refractivity contribution in [2.24, 2.45) is 0 Å². The minimum absolute atomic E-state index is 0.106. The van der Waals surface area contributed by atoms with Crippen LogP contribution in [0.1, 0.15) is 44.6 Å². The topological polar surface area (TPSA) is 26.3 Å². The van der Waals surface area contributed by atoms with E-state index >= 15 is 0 Å². The first-order chi connectivity index (χ1) is 8.74. The van der Waals surface area contributed by atoms with Crippen LogP contribution in [0, 0.1) is 0 Å². The molecule has 0 aliphatic carbocycles. The maximum Gasteiger partial charge on any atom is 0.305 e. The van der Waals surface area contributed by atoms with E-state index < -0.39 is 0 Å². The molecule has 0 spiro atoms. The predicted molar refractivity (Wildman–Crippen MR) is 75.2 cm³/mol. The fourth-order valence-corrected chi connectivity index (χ4v) is 1.83. The van der Waals surface area contributed by atoms with Gasteiger partial charge in [0.05, 0.1) is 7.11 Å². The first-order valence-corrected chi connectivity index (χ1v) is 6.53. The van der Waals surface area contributed by atoms with Gasteiger partial charge in [-0.3, -0.25) is 4.79 Å². The minimum atomic E-state index is -0.106. The Balaban J connectivity index is 2.19. The second-order valence-corrected chi connectivity index (χ2v) is 4.43. The number of esters is 1. The Morgan fingerprint density at radius 2 is 1.89 bits per heavy atom. The minimum Gasteiger partial charge on any atom is -0.469 e. The van der Waals surface area contributed by atoms with Gasteiger partial charge in [-0.05, 0) is 37.3 Å². The third-order valence-corrected chi connectivity index (χ3v) is 2.99. The quantitative estimate of drug-likeness (QED) is 0.532. The molecule has 98 valence electrons. The molecule has 1 aromatic carbocycles. The molecule has 0 unspecified atom stereocenters. The standard InChI is InChI=1S/C16H22O2/c1-14(15-11-7-5-8-12-15)10-6-3-4-9-13-16(17)18-2/h5,7-8,10-12H,3-4,6,9,13H2,1-2H3/b14-10+. The second kappa shape index (κ2) is 8.51. The van der Waals surface area contributed by atoms with E-state index in [1.165, 1.54) is 18.2 Å². The summed E-state index contributed by atoms with van der Waals surface area (Å²) in [6.45, 7) is 2.14. The second-order valence-electron chi connectivity index (χ2n) is 4.43. The summed E-state index contributed by atoms with van der Waals surface area (Å²) in [6.07, 6.45) is 7.01. The van der Waals surface area contributed by atoms with Gasteiger partial charge in [-0.2, -0.15) is 0 Å². The average molecular weight is 246 g/mol. The zero-order chi connectivity index (χ0) is 13.2. The Kier molecular flexibility index (Phi) is 6.85. The summed E-state index contributed by atoms with van der Waals surface area (Å²) in [5.41, 5.74) is 2.61. The molecule has 0 saturated carbocycles. The lowest BCUT2D eigenvalue weighted by molar-refractivity contribution is -0.140. The van der Waals surface area contributed by atoms with Gasteiger partial charge >= 0.3 is 5.97 Å². The van der Waals surface area contributed by atoms with Crippen molar-refractivity contribution >= 4 is 11.5 Å². The number of allylic oxidation sites excluding steroid dienone is 2. The number of ether oxygens (including phenoxy) is 1. The first kappa shape index (κ1) is 14.5. The SMILES string of the molecule is COC(=O)CCCCC/C=C(\C)c1ccccc1. The summed E-state index contributed by atoms with van der Waals surface area (Å²) in [7, 11) is 1.44. The highest BCUT2D eigenvalue weighted by Gasteiger charge is 1.98. The molecule has 0 bridgehead atoms. The molecule has 0 N–H and O–H groups in total. The molecule has 0 amide bonds. The number of unbranched alkanes of at least 4 members (excludes halogenated alkanes) is 3. The van der Waals surface area contributed by atoms with Gasteiger partial charge in [0.2, 0.25) is 0 Å². The fraction of sp³-hybridized carbons (Fsp3) is 0.438. The number of rotatable bonds is 7. The van der Waals surface area contributed by atoms with E-state index in [-0.39, 0.29) is 5.97 Å². The van der Waals surface area contributed by atoms with Gasteiger partial charge < -0.3 is 4.74 Å². The zero-order valence-electron chi connectivity index (χ0n) is 11.3. The number of carbonyl (C=O) groups is 1. The van der Waals surface area contributed by atoms with Gasteiger partial charge in [0.1, 0.15) is 0 Å². The van der Waals surface area contributed by atoms with E-state index in [1.54, 1.807) is 0 Å². The van der Waals surface area contributed by atoms with Gasteiger partial charge in [-0.1, -0.05) is 42.8 Å². The third kappa shape index (κ3) is 5.67. The molecule has 0 heterocycles. The molecule has 0 atom stereocenters. The molecule has 0 saturated heterocycles. The monoisotopic (exact) mass is 246 g/mol. The molecule has 0 aliphatic rings. The summed E-state index contributed by atoms with van der Waals surface area (Å²) < 4.78 is 4.60. The maximum atomic E-state index is 10.9. The molecule has 1 rings (SSSR count). The Morgan fingerprint density at radius 3 is 2.56 bits per heavy atom. The van der Waals surface area contributed by atoms with Crippen molar-refractivity contribution in [2.45, 2.75) is 39.0 Å². The Bertz CT molecular complexity index is 379. The highest BCUT2D eigenvalue weighted by Crippen LogP contribution is 2.15. The van der Waals surface area contributed by atoms with Crippen LogP contribution in [0.25, 0.3) is 5.57 Å². The highest BCUT2D eigenvalue weighted by molar-refractivity contribution is 5.69. The van der Waals surface area contributed by atoms with Gasteiger partial charge in [0, 0.05) is 6.42 Å². The maximum absolute atomic E-state index is 10.9. The van der Waals surface area contributed by atoms with E-state index in [2.05, 4.69) is 42.0 Å². The first-order valence-electron chi connectivity index (χ1n) is 6.53. The van der Waals surface area contributed by atoms with Gasteiger partial charge in [0.15, 0.2) is 0 Å². The van der Waals surface area contributed by atoms with Crippen molar-refractivity contribution in [3.8, 4) is 0 Å². The van der Waals surface area contributed by atoms with Crippen molar-refractivity contribution in [1.82, 2.24) is 0 Å². The zero-order valence-corrected chi connectivity index (χ0v) is 11.3. The summed E-state index contributed by atoms with van der Waals surface area (Å²) in [5, 5.41) is 0. The van der Waals surface area contributed by atoms with Crippen LogP contribution in [-0.4, -0.2) is 13.1 Å². The largest absolute Gasteiger partial charge is 0.469 e. The molecular formula is C16H22O2. The summed E-state index contributed by atoms with van der Waals surface area (Å²) >= 11 is 0. The Hall–Kier alpha value is -1.57. The lowest BCUT2D eigenvalue weighted by atomic mass is 10.0. The molecule has 18 heavy (non-hydrogen) atoms. The van der Waals surface area contributed by atoms with E-state index in [4.69, 9.17) is 0 Å². The van der Waals surface area contributed by atoms with Crippen LogP contribution in [0.5, 0.6) is 0 Å². The fourth-order valence-electron chi connectivity index (χ4n) is 1.83. The van der Waals surface area contributed by atoms with Gasteiger partial charge in [-0.15, -0.1) is 0 Å². The molecule has 0 aliphatic heterocycles. The normalized spacial score (nSPS) is 11.3. The van der Waals surface area contributed by atoms with Crippen molar-refractivity contribution < 1.29 is 9.53 Å². The third-order valence-electron chi connectivity index (χ3n) is 2.99. The van der Waals surface area contributed by atoms with Crippen molar-refractivity contribution in [3.63, 3.8) is 0 Å². The molecule has 2 nitrogen and oxygen atoms in total. The smallest absolute Gasteiger partial charge is 0.305 e. The molecule has 2 heteroatoms. The van der Waals surface area contributed by atoms with Gasteiger partial charge in [0.25, 0.3) is 0 Å². The number of methoxy groups -OCH3 is 1.